The Morgan fingerprint density at radius 1 is 0.903 bits per heavy atom. The van der Waals surface area contributed by atoms with E-state index in [-0.39, 0.29) is 16.7 Å². The van der Waals surface area contributed by atoms with Gasteiger partial charge in [-0.3, -0.25) is 9.52 Å². The summed E-state index contributed by atoms with van der Waals surface area (Å²) in [5, 5.41) is 2.94. The second-order valence-corrected chi connectivity index (χ2v) is 9.44. The molecule has 6 heteroatoms. The molecule has 3 rings (SSSR count). The highest BCUT2D eigenvalue weighted by Crippen LogP contribution is 2.26. The van der Waals surface area contributed by atoms with Crippen molar-refractivity contribution in [2.45, 2.75) is 38.5 Å². The van der Waals surface area contributed by atoms with Gasteiger partial charge in [0.15, 0.2) is 0 Å². The minimum Gasteiger partial charge on any atom is -0.326 e. The summed E-state index contributed by atoms with van der Waals surface area (Å²) in [7, 11) is -3.66. The van der Waals surface area contributed by atoms with Crippen molar-refractivity contribution in [2.75, 3.05) is 10.0 Å². The van der Waals surface area contributed by atoms with Crippen LogP contribution in [0.4, 0.5) is 11.4 Å². The van der Waals surface area contributed by atoms with E-state index in [2.05, 4.69) is 17.0 Å². The highest BCUT2D eigenvalue weighted by atomic mass is 32.2. The molecule has 0 aliphatic carbocycles. The van der Waals surface area contributed by atoms with Crippen LogP contribution >= 0.6 is 0 Å². The van der Waals surface area contributed by atoms with Gasteiger partial charge in [0.25, 0.3) is 10.0 Å². The second kappa shape index (κ2) is 9.79. The van der Waals surface area contributed by atoms with Crippen LogP contribution in [-0.2, 0) is 14.8 Å². The Morgan fingerprint density at radius 3 is 2.23 bits per heavy atom. The van der Waals surface area contributed by atoms with Crippen molar-refractivity contribution < 1.29 is 13.2 Å². The van der Waals surface area contributed by atoms with Gasteiger partial charge in [-0.15, -0.1) is 0 Å². The maximum Gasteiger partial charge on any atom is 0.261 e. The monoisotopic (exact) mass is 436 g/mol. The van der Waals surface area contributed by atoms with E-state index in [1.165, 1.54) is 0 Å². The van der Waals surface area contributed by atoms with Gasteiger partial charge in [-0.2, -0.15) is 0 Å². The molecular weight excluding hydrogens is 408 g/mol. The van der Waals surface area contributed by atoms with Gasteiger partial charge in [0.1, 0.15) is 0 Å². The van der Waals surface area contributed by atoms with E-state index in [0.29, 0.717) is 5.69 Å². The molecule has 0 fully saturated rings. The SMILES string of the molecule is CCCC(C)C(=O)Nc1ccc(-c2cccc(NS(=O)(=O)c3ccc(C)cc3)c2)cc1. The number of hydrogen-bond donors (Lipinski definition) is 2. The summed E-state index contributed by atoms with van der Waals surface area (Å²) in [6, 6.07) is 21.5. The van der Waals surface area contributed by atoms with Crippen molar-refractivity contribution in [3.8, 4) is 11.1 Å². The van der Waals surface area contributed by atoms with Crippen molar-refractivity contribution in [3.05, 3.63) is 78.4 Å². The van der Waals surface area contributed by atoms with Gasteiger partial charge in [-0.05, 0) is 60.9 Å². The van der Waals surface area contributed by atoms with Crippen LogP contribution in [-0.4, -0.2) is 14.3 Å². The number of rotatable bonds is 8. The number of benzene rings is 3. The molecule has 1 atom stereocenters. The van der Waals surface area contributed by atoms with Gasteiger partial charge < -0.3 is 5.32 Å². The molecule has 0 aliphatic heterocycles. The lowest BCUT2D eigenvalue weighted by Crippen LogP contribution is -2.20. The minimum atomic E-state index is -3.66. The summed E-state index contributed by atoms with van der Waals surface area (Å²) in [5.41, 5.74) is 4.04. The number of nitrogens with one attached hydrogen (secondary N) is 2. The van der Waals surface area contributed by atoms with E-state index in [4.69, 9.17) is 0 Å². The van der Waals surface area contributed by atoms with Crippen LogP contribution < -0.4 is 10.0 Å². The fraction of sp³-hybridized carbons (Fsp3) is 0.240. The van der Waals surface area contributed by atoms with Gasteiger partial charge >= 0.3 is 0 Å². The van der Waals surface area contributed by atoms with Gasteiger partial charge in [0, 0.05) is 17.3 Å². The normalized spacial score (nSPS) is 12.2. The zero-order valence-corrected chi connectivity index (χ0v) is 18.9. The highest BCUT2D eigenvalue weighted by Gasteiger charge is 2.14. The van der Waals surface area contributed by atoms with Gasteiger partial charge in [0.2, 0.25) is 5.91 Å². The lowest BCUT2D eigenvalue weighted by atomic mass is 10.0. The predicted octanol–water partition coefficient (Wildman–Crippen LogP) is 5.84. The highest BCUT2D eigenvalue weighted by molar-refractivity contribution is 7.92. The quantitative estimate of drug-likeness (QED) is 0.466. The third-order valence-corrected chi connectivity index (χ3v) is 6.50. The van der Waals surface area contributed by atoms with E-state index < -0.39 is 10.0 Å². The molecule has 0 aliphatic rings. The van der Waals surface area contributed by atoms with Crippen molar-refractivity contribution in [2.24, 2.45) is 5.92 Å². The van der Waals surface area contributed by atoms with E-state index in [1.54, 1.807) is 36.4 Å². The summed E-state index contributed by atoms with van der Waals surface area (Å²) in [6.07, 6.45) is 1.83. The Hall–Kier alpha value is -3.12. The first-order chi connectivity index (χ1) is 14.8. The third-order valence-electron chi connectivity index (χ3n) is 5.10. The molecule has 0 saturated heterocycles. The van der Waals surface area contributed by atoms with Crippen LogP contribution in [0.1, 0.15) is 32.3 Å². The Kier molecular flexibility index (Phi) is 7.13. The Bertz CT molecular complexity index is 1140. The minimum absolute atomic E-state index is 0.0158. The Morgan fingerprint density at radius 2 is 1.58 bits per heavy atom. The molecule has 0 radical (unpaired) electrons. The molecule has 162 valence electrons. The van der Waals surface area contributed by atoms with Crippen LogP contribution in [0, 0.1) is 12.8 Å². The first kappa shape index (κ1) is 22.6. The van der Waals surface area contributed by atoms with Crippen molar-refractivity contribution >= 4 is 27.3 Å². The molecule has 5 nitrogen and oxygen atoms in total. The largest absolute Gasteiger partial charge is 0.326 e. The number of hydrogen-bond acceptors (Lipinski definition) is 3. The number of aryl methyl sites for hydroxylation is 1. The van der Waals surface area contributed by atoms with E-state index in [1.807, 2.05) is 50.2 Å². The molecule has 2 N–H and O–H groups in total. The molecule has 0 saturated carbocycles. The molecule has 3 aromatic rings. The zero-order chi connectivity index (χ0) is 22.4. The second-order valence-electron chi connectivity index (χ2n) is 7.76. The van der Waals surface area contributed by atoms with E-state index >= 15 is 0 Å². The summed E-state index contributed by atoms with van der Waals surface area (Å²) < 4.78 is 28.0. The molecule has 1 amide bonds. The lowest BCUT2D eigenvalue weighted by Gasteiger charge is -2.12. The summed E-state index contributed by atoms with van der Waals surface area (Å²) in [4.78, 5) is 12.4. The van der Waals surface area contributed by atoms with Crippen LogP contribution in [0.25, 0.3) is 11.1 Å². The zero-order valence-electron chi connectivity index (χ0n) is 18.1. The number of anilines is 2. The molecule has 3 aromatic carbocycles. The average Bonchev–Trinajstić information content (AvgIpc) is 2.74. The first-order valence-electron chi connectivity index (χ1n) is 10.4. The van der Waals surface area contributed by atoms with Crippen LogP contribution in [0.15, 0.2) is 77.7 Å². The molecule has 31 heavy (non-hydrogen) atoms. The standard InChI is InChI=1S/C25H28N2O3S/c1-4-6-19(3)25(28)26-22-13-11-20(12-14-22)21-7-5-8-23(17-21)27-31(29,30)24-15-9-18(2)10-16-24/h5,7-17,19,27H,4,6H2,1-3H3,(H,26,28). The third kappa shape index (κ3) is 5.95. The average molecular weight is 437 g/mol. The summed E-state index contributed by atoms with van der Waals surface area (Å²) in [6.45, 7) is 5.90. The molecular formula is C25H28N2O3S. The van der Waals surface area contributed by atoms with Crippen molar-refractivity contribution in [1.82, 2.24) is 0 Å². The molecule has 0 heterocycles. The van der Waals surface area contributed by atoms with Gasteiger partial charge in [-0.1, -0.05) is 62.2 Å². The van der Waals surface area contributed by atoms with Crippen LogP contribution in [0.3, 0.4) is 0 Å². The van der Waals surface area contributed by atoms with Crippen LogP contribution in [0.2, 0.25) is 0 Å². The number of sulfonamides is 1. The molecule has 0 aromatic heterocycles. The first-order valence-corrected chi connectivity index (χ1v) is 11.9. The summed E-state index contributed by atoms with van der Waals surface area (Å²) in [5.74, 6) is -0.00924. The Balaban J connectivity index is 1.74. The van der Waals surface area contributed by atoms with Gasteiger partial charge in [-0.25, -0.2) is 8.42 Å². The smallest absolute Gasteiger partial charge is 0.261 e. The number of carbonyl (C=O) groups is 1. The van der Waals surface area contributed by atoms with E-state index in [0.717, 1.165) is 35.2 Å². The van der Waals surface area contributed by atoms with E-state index in [9.17, 15) is 13.2 Å². The lowest BCUT2D eigenvalue weighted by molar-refractivity contribution is -0.119. The fourth-order valence-corrected chi connectivity index (χ4v) is 4.32. The Labute approximate surface area is 184 Å². The fourth-order valence-electron chi connectivity index (χ4n) is 3.27. The maximum absolute atomic E-state index is 12.7. The molecule has 1 unspecified atom stereocenters. The molecule has 0 bridgehead atoms. The molecule has 0 spiro atoms. The van der Waals surface area contributed by atoms with Crippen molar-refractivity contribution in [3.63, 3.8) is 0 Å². The maximum atomic E-state index is 12.7. The predicted molar refractivity (Wildman–Crippen MR) is 127 cm³/mol. The summed E-state index contributed by atoms with van der Waals surface area (Å²) >= 11 is 0. The van der Waals surface area contributed by atoms with Crippen molar-refractivity contribution in [1.29, 1.82) is 0 Å². The van der Waals surface area contributed by atoms with Gasteiger partial charge in [0.05, 0.1) is 4.90 Å². The topological polar surface area (TPSA) is 75.3 Å². The number of carbonyl (C=O) groups excluding carboxylic acids is 1. The van der Waals surface area contributed by atoms with Crippen LogP contribution in [0.5, 0.6) is 0 Å². The number of amides is 1.